The van der Waals surface area contributed by atoms with E-state index >= 15 is 0 Å². The molecule has 4 nitrogen and oxygen atoms in total. The number of nitrogens with zero attached hydrogens (tertiary/aromatic N) is 2. The molecule has 0 spiro atoms. The van der Waals surface area contributed by atoms with Crippen LogP contribution in [0.5, 0.6) is 0 Å². The zero-order chi connectivity index (χ0) is 31.8. The molecule has 2 heterocycles. The Kier molecular flexibility index (Phi) is 8.42. The van der Waals surface area contributed by atoms with E-state index in [1.807, 2.05) is 110 Å². The van der Waals surface area contributed by atoms with Crippen LogP contribution in [-0.2, 0) is 10.8 Å². The molecule has 44 heavy (non-hydrogen) atoms. The van der Waals surface area contributed by atoms with E-state index in [-0.39, 0.29) is 22.6 Å². The molecule has 0 saturated heterocycles. The molecule has 224 valence electrons. The lowest BCUT2D eigenvalue weighted by Gasteiger charge is -2.17. The van der Waals surface area contributed by atoms with Crippen LogP contribution in [0, 0.1) is 6.92 Å². The van der Waals surface area contributed by atoms with Gasteiger partial charge in [0.2, 0.25) is 0 Å². The van der Waals surface area contributed by atoms with Crippen molar-refractivity contribution >= 4 is 45.2 Å². The zero-order valence-electron chi connectivity index (χ0n) is 26.5. The van der Waals surface area contributed by atoms with Crippen molar-refractivity contribution in [1.29, 1.82) is 0 Å². The molecule has 4 aromatic carbocycles. The molecule has 0 N–H and O–H groups in total. The molecule has 0 radical (unpaired) electrons. The van der Waals surface area contributed by atoms with Crippen LogP contribution >= 0.6 is 11.6 Å². The van der Waals surface area contributed by atoms with Crippen molar-refractivity contribution in [2.75, 3.05) is 0 Å². The van der Waals surface area contributed by atoms with E-state index < -0.39 is 0 Å². The summed E-state index contributed by atoms with van der Waals surface area (Å²) in [5.74, 6) is -0.00452. The Morgan fingerprint density at radius 3 is 1.61 bits per heavy atom. The average molecular weight is 603 g/mol. The van der Waals surface area contributed by atoms with E-state index in [1.165, 1.54) is 5.56 Å². The van der Waals surface area contributed by atoms with Gasteiger partial charge < -0.3 is 0 Å². The number of carbonyl (C=O) groups excluding carboxylic acids is 2. The minimum absolute atomic E-state index is 0.00158. The Balaban J connectivity index is 0.000000175. The normalized spacial score (nSPS) is 11.8. The first-order chi connectivity index (χ1) is 20.8. The van der Waals surface area contributed by atoms with Crippen LogP contribution in [0.4, 0.5) is 0 Å². The van der Waals surface area contributed by atoms with Gasteiger partial charge in [-0.3, -0.25) is 18.7 Å². The fourth-order valence-corrected chi connectivity index (χ4v) is 5.64. The summed E-state index contributed by atoms with van der Waals surface area (Å²) >= 11 is 6.15. The van der Waals surface area contributed by atoms with Gasteiger partial charge in [0, 0.05) is 39.3 Å². The second-order valence-electron chi connectivity index (χ2n) is 13.3. The number of carbonyl (C=O) groups is 2. The number of fused-ring (bicyclic) bond motifs is 2. The third-order valence-electron chi connectivity index (χ3n) is 7.85. The summed E-state index contributed by atoms with van der Waals surface area (Å²) in [5, 5.41) is 2.86. The second kappa shape index (κ2) is 11.9. The summed E-state index contributed by atoms with van der Waals surface area (Å²) in [6.07, 6.45) is 3.93. The maximum atomic E-state index is 12.9. The van der Waals surface area contributed by atoms with Crippen molar-refractivity contribution in [3.63, 3.8) is 0 Å². The van der Waals surface area contributed by atoms with Gasteiger partial charge in [0.1, 0.15) is 0 Å². The van der Waals surface area contributed by atoms with Crippen molar-refractivity contribution in [3.8, 4) is 0 Å². The van der Waals surface area contributed by atoms with E-state index in [2.05, 4.69) is 47.6 Å². The van der Waals surface area contributed by atoms with Crippen molar-refractivity contribution in [3.05, 3.63) is 142 Å². The average Bonchev–Trinajstić information content (AvgIpc) is 3.57. The van der Waals surface area contributed by atoms with Crippen molar-refractivity contribution in [2.24, 2.45) is 0 Å². The molecule has 0 fully saturated rings. The maximum Gasteiger partial charge on any atom is 0.262 e. The van der Waals surface area contributed by atoms with Crippen molar-refractivity contribution in [1.82, 2.24) is 9.13 Å². The predicted octanol–water partition coefficient (Wildman–Crippen LogP) is 10.2. The zero-order valence-corrected chi connectivity index (χ0v) is 27.2. The Labute approximate surface area is 264 Å². The first-order valence-corrected chi connectivity index (χ1v) is 15.3. The molecule has 6 aromatic rings. The number of benzene rings is 4. The molecule has 5 heteroatoms. The number of hydrogen-bond acceptors (Lipinski definition) is 2. The van der Waals surface area contributed by atoms with Crippen LogP contribution in [-0.4, -0.2) is 20.9 Å². The van der Waals surface area contributed by atoms with Crippen LogP contribution in [0.3, 0.4) is 0 Å². The highest BCUT2D eigenvalue weighted by atomic mass is 35.5. The first-order valence-electron chi connectivity index (χ1n) is 14.9. The Morgan fingerprint density at radius 2 is 1.05 bits per heavy atom. The molecule has 0 aliphatic heterocycles. The third-order valence-corrected chi connectivity index (χ3v) is 8.09. The van der Waals surface area contributed by atoms with E-state index in [1.54, 1.807) is 9.13 Å². The SMILES string of the molecule is CC(C)(C)c1cn(C(=O)c2ccccc2)c2ccc(Cl)cc12.Cc1ccc(C(=O)n2cc(C(C)(C)C)c3ccccc32)cc1. The molecular weight excluding hydrogens is 564 g/mol. The summed E-state index contributed by atoms with van der Waals surface area (Å²) in [4.78, 5) is 25.7. The lowest BCUT2D eigenvalue weighted by atomic mass is 9.87. The molecule has 0 bridgehead atoms. The van der Waals surface area contributed by atoms with Crippen LogP contribution in [0.2, 0.25) is 5.02 Å². The maximum absolute atomic E-state index is 12.9. The number of aryl methyl sites for hydroxylation is 1. The quantitative estimate of drug-likeness (QED) is 0.198. The minimum Gasteiger partial charge on any atom is -0.283 e. The Hall–Kier alpha value is -4.41. The van der Waals surface area contributed by atoms with Gasteiger partial charge in [0.05, 0.1) is 11.0 Å². The summed E-state index contributed by atoms with van der Waals surface area (Å²) in [5.41, 5.74) is 6.66. The van der Waals surface area contributed by atoms with Gasteiger partial charge >= 0.3 is 0 Å². The molecule has 2 aromatic heterocycles. The number of rotatable bonds is 2. The molecular formula is C39H39ClN2O2. The molecule has 0 atom stereocenters. The van der Waals surface area contributed by atoms with Gasteiger partial charge in [-0.2, -0.15) is 0 Å². The lowest BCUT2D eigenvalue weighted by molar-refractivity contribution is 0.0956. The van der Waals surface area contributed by atoms with E-state index in [0.717, 1.165) is 32.9 Å². The van der Waals surface area contributed by atoms with Gasteiger partial charge in [0.25, 0.3) is 11.8 Å². The number of hydrogen-bond donors (Lipinski definition) is 0. The highest BCUT2D eigenvalue weighted by Gasteiger charge is 2.24. The van der Waals surface area contributed by atoms with Crippen LogP contribution in [0.15, 0.2) is 109 Å². The molecule has 0 aliphatic rings. The van der Waals surface area contributed by atoms with Gasteiger partial charge in [-0.25, -0.2) is 0 Å². The molecule has 0 aliphatic carbocycles. The van der Waals surface area contributed by atoms with Crippen molar-refractivity contribution in [2.45, 2.75) is 59.3 Å². The number of para-hydroxylation sites is 1. The largest absolute Gasteiger partial charge is 0.283 e. The fraction of sp³-hybridized carbons (Fsp3) is 0.231. The minimum atomic E-state index is -0.0643. The molecule has 0 unspecified atom stereocenters. The fourth-order valence-electron chi connectivity index (χ4n) is 5.47. The van der Waals surface area contributed by atoms with Crippen LogP contribution in [0.1, 0.15) is 78.9 Å². The standard InChI is InChI=1S/C20H21NO.C19H18ClNO/c1-14-9-11-15(12-10-14)19(22)21-13-17(20(2,3)4)16-7-5-6-8-18(16)21;1-19(2,3)16-12-21(17-10-9-14(20)11-15(16)17)18(22)13-7-5-4-6-8-13/h5-13H,1-4H3;4-12H,1-3H3. The Bertz CT molecular complexity index is 1970. The van der Waals surface area contributed by atoms with E-state index in [9.17, 15) is 9.59 Å². The summed E-state index contributed by atoms with van der Waals surface area (Å²) in [7, 11) is 0. The van der Waals surface area contributed by atoms with Gasteiger partial charge in [-0.05, 0) is 77.4 Å². The molecule has 6 rings (SSSR count). The van der Waals surface area contributed by atoms with Gasteiger partial charge in [-0.1, -0.05) is 107 Å². The lowest BCUT2D eigenvalue weighted by Crippen LogP contribution is -2.13. The Morgan fingerprint density at radius 1 is 0.568 bits per heavy atom. The molecule has 0 amide bonds. The number of aromatic nitrogens is 2. The summed E-state index contributed by atoms with van der Waals surface area (Å²) in [6, 6.07) is 30.8. The first kappa shape index (κ1) is 31.0. The predicted molar refractivity (Wildman–Crippen MR) is 183 cm³/mol. The monoisotopic (exact) mass is 602 g/mol. The summed E-state index contributed by atoms with van der Waals surface area (Å²) in [6.45, 7) is 15.0. The van der Waals surface area contributed by atoms with Crippen molar-refractivity contribution < 1.29 is 9.59 Å². The van der Waals surface area contributed by atoms with Crippen LogP contribution < -0.4 is 0 Å². The molecule has 0 saturated carbocycles. The second-order valence-corrected chi connectivity index (χ2v) is 13.8. The number of halogens is 1. The van der Waals surface area contributed by atoms with Crippen LogP contribution in [0.25, 0.3) is 21.8 Å². The van der Waals surface area contributed by atoms with E-state index in [0.29, 0.717) is 16.1 Å². The summed E-state index contributed by atoms with van der Waals surface area (Å²) < 4.78 is 3.50. The highest BCUT2D eigenvalue weighted by molar-refractivity contribution is 6.31. The topological polar surface area (TPSA) is 44.0 Å². The third kappa shape index (κ3) is 6.27. The van der Waals surface area contributed by atoms with Gasteiger partial charge in [-0.15, -0.1) is 0 Å². The van der Waals surface area contributed by atoms with Gasteiger partial charge in [0.15, 0.2) is 0 Å². The van der Waals surface area contributed by atoms with E-state index in [4.69, 9.17) is 11.6 Å². The smallest absolute Gasteiger partial charge is 0.262 e. The highest BCUT2D eigenvalue weighted by Crippen LogP contribution is 2.34.